The summed E-state index contributed by atoms with van der Waals surface area (Å²) in [7, 11) is -3.51. The molecule has 190 valence electrons. The summed E-state index contributed by atoms with van der Waals surface area (Å²) in [5, 5.41) is 7.15. The first-order valence-electron chi connectivity index (χ1n) is 12.0. The summed E-state index contributed by atoms with van der Waals surface area (Å²) in [5.74, 6) is 2.45. The molecule has 1 saturated heterocycles. The van der Waals surface area contributed by atoms with Gasteiger partial charge in [-0.25, -0.2) is 8.42 Å². The molecule has 10 heteroatoms. The Kier molecular flexibility index (Phi) is 7.90. The van der Waals surface area contributed by atoms with E-state index in [1.807, 2.05) is 30.3 Å². The van der Waals surface area contributed by atoms with Gasteiger partial charge in [-0.2, -0.15) is 4.31 Å². The van der Waals surface area contributed by atoms with E-state index in [4.69, 9.17) is 14.5 Å². The van der Waals surface area contributed by atoms with Gasteiger partial charge in [0, 0.05) is 26.2 Å². The molecule has 35 heavy (non-hydrogen) atoms. The average molecular weight is 521 g/mol. The molecule has 0 amide bonds. The first kappa shape index (κ1) is 25.8. The molecule has 2 aromatic rings. The van der Waals surface area contributed by atoms with Gasteiger partial charge in [-0.3, -0.25) is 4.99 Å². The number of ether oxygens (including phenoxy) is 2. The van der Waals surface area contributed by atoms with Crippen LogP contribution in [-0.2, 0) is 23.0 Å². The second kappa shape index (κ2) is 10.7. The van der Waals surface area contributed by atoms with Gasteiger partial charge in [-0.05, 0) is 54.7 Å². The molecule has 2 N–H and O–H groups in total. The van der Waals surface area contributed by atoms with Gasteiger partial charge in [0.1, 0.15) is 5.84 Å². The fourth-order valence-electron chi connectivity index (χ4n) is 4.95. The molecule has 0 atom stereocenters. The lowest BCUT2D eigenvalue weighted by atomic mass is 9.85. The summed E-state index contributed by atoms with van der Waals surface area (Å²) in [5.41, 5.74) is 1.92. The Balaban J connectivity index is 0.00000289. The van der Waals surface area contributed by atoms with Crippen LogP contribution in [0.3, 0.4) is 0 Å². The van der Waals surface area contributed by atoms with E-state index in [2.05, 4.69) is 17.6 Å². The number of aliphatic imine (C=N–C) groups is 1. The van der Waals surface area contributed by atoms with Crippen molar-refractivity contribution in [3.05, 3.63) is 53.6 Å². The number of rotatable bonds is 6. The van der Waals surface area contributed by atoms with Crippen molar-refractivity contribution in [2.45, 2.75) is 49.6 Å². The minimum Gasteiger partial charge on any atom is -0.454 e. The second-order valence-corrected chi connectivity index (χ2v) is 11.0. The van der Waals surface area contributed by atoms with Crippen molar-refractivity contribution in [3.8, 4) is 11.5 Å². The van der Waals surface area contributed by atoms with E-state index >= 15 is 0 Å². The van der Waals surface area contributed by atoms with Gasteiger partial charge in [-0.1, -0.05) is 31.5 Å². The summed E-state index contributed by atoms with van der Waals surface area (Å²) in [6.07, 6.45) is 3.35. The van der Waals surface area contributed by atoms with E-state index in [1.165, 1.54) is 5.56 Å². The monoisotopic (exact) mass is 520 g/mol. The first-order valence-corrected chi connectivity index (χ1v) is 13.5. The van der Waals surface area contributed by atoms with E-state index in [0.717, 1.165) is 42.3 Å². The molecule has 3 aliphatic heterocycles. The Morgan fingerprint density at radius 2 is 1.77 bits per heavy atom. The zero-order valence-corrected chi connectivity index (χ0v) is 21.6. The van der Waals surface area contributed by atoms with Gasteiger partial charge in [0.2, 0.25) is 16.8 Å². The highest BCUT2D eigenvalue weighted by Crippen LogP contribution is 2.33. The lowest BCUT2D eigenvalue weighted by molar-refractivity contribution is 0.174. The topological polar surface area (TPSA) is 92.3 Å². The number of nitrogens with one attached hydrogen (secondary N) is 2. The van der Waals surface area contributed by atoms with E-state index in [-0.39, 0.29) is 24.7 Å². The number of aryl methyl sites for hydroxylation is 1. The maximum absolute atomic E-state index is 13.3. The molecule has 1 spiro atoms. The van der Waals surface area contributed by atoms with E-state index in [1.54, 1.807) is 16.4 Å². The molecular formula is C25H33ClN4O4S. The molecule has 0 radical (unpaired) electrons. The van der Waals surface area contributed by atoms with Gasteiger partial charge >= 0.3 is 0 Å². The molecule has 5 rings (SSSR count). The second-order valence-electron chi connectivity index (χ2n) is 9.08. The fraction of sp³-hybridized carbons (Fsp3) is 0.480. The van der Waals surface area contributed by atoms with Crippen LogP contribution in [0, 0.1) is 0 Å². The van der Waals surface area contributed by atoms with Crippen LogP contribution in [0.5, 0.6) is 11.5 Å². The zero-order chi connectivity index (χ0) is 23.6. The van der Waals surface area contributed by atoms with Crippen LogP contribution in [0.1, 0.15) is 37.3 Å². The third-order valence-corrected chi connectivity index (χ3v) is 8.78. The molecule has 0 aliphatic carbocycles. The Morgan fingerprint density at radius 1 is 1.06 bits per heavy atom. The summed E-state index contributed by atoms with van der Waals surface area (Å²) >= 11 is 0. The predicted molar refractivity (Wildman–Crippen MR) is 138 cm³/mol. The summed E-state index contributed by atoms with van der Waals surface area (Å²) in [6, 6.07) is 13.3. The van der Waals surface area contributed by atoms with E-state index < -0.39 is 10.0 Å². The molecule has 8 nitrogen and oxygen atoms in total. The van der Waals surface area contributed by atoms with E-state index in [9.17, 15) is 8.42 Å². The molecule has 3 heterocycles. The first-order chi connectivity index (χ1) is 16.5. The normalized spacial score (nSPS) is 19.2. The standard InChI is InChI=1S/C25H32N4O4S.ClH/c1-2-3-19-4-7-21(8-5-19)34(30,31)29-14-10-25(11-15-29)24(26-12-13-28-25)27-17-20-6-9-22-23(16-20)33-18-32-22;/h4-9,16,28H,2-3,10-15,17-18H2,1H3,(H,26,27);1H. The average Bonchev–Trinajstić information content (AvgIpc) is 3.32. The number of amidine groups is 1. The molecule has 0 unspecified atom stereocenters. The minimum atomic E-state index is -3.51. The number of nitrogens with zero attached hydrogens (tertiary/aromatic N) is 2. The van der Waals surface area contributed by atoms with Crippen LogP contribution in [0.2, 0.25) is 0 Å². The molecule has 3 aliphatic rings. The Morgan fingerprint density at radius 3 is 2.51 bits per heavy atom. The largest absolute Gasteiger partial charge is 0.454 e. The van der Waals surface area contributed by atoms with E-state index in [0.29, 0.717) is 43.9 Å². The number of halogens is 1. The summed E-state index contributed by atoms with van der Waals surface area (Å²) in [6.45, 7) is 5.40. The number of fused-ring (bicyclic) bond motifs is 1. The molecule has 0 bridgehead atoms. The van der Waals surface area contributed by atoms with Gasteiger partial charge in [0.15, 0.2) is 11.5 Å². The molecule has 2 aromatic carbocycles. The molecule has 0 aromatic heterocycles. The zero-order valence-electron chi connectivity index (χ0n) is 20.0. The highest BCUT2D eigenvalue weighted by atomic mass is 35.5. The van der Waals surface area contributed by atoms with Gasteiger partial charge in [0.05, 0.1) is 17.0 Å². The number of sulfonamides is 1. The smallest absolute Gasteiger partial charge is 0.243 e. The van der Waals surface area contributed by atoms with Gasteiger partial charge in [-0.15, -0.1) is 12.4 Å². The van der Waals surface area contributed by atoms with Crippen LogP contribution in [0.4, 0.5) is 0 Å². The molecular weight excluding hydrogens is 488 g/mol. The Labute approximate surface area is 213 Å². The van der Waals surface area contributed by atoms with Crippen molar-refractivity contribution in [2.24, 2.45) is 4.99 Å². The minimum absolute atomic E-state index is 0. The maximum Gasteiger partial charge on any atom is 0.243 e. The predicted octanol–water partition coefficient (Wildman–Crippen LogP) is 3.10. The van der Waals surface area contributed by atoms with Crippen LogP contribution in [-0.4, -0.2) is 57.1 Å². The van der Waals surface area contributed by atoms with Crippen LogP contribution in [0.15, 0.2) is 52.4 Å². The number of piperidine rings is 1. The lowest BCUT2D eigenvalue weighted by Crippen LogP contribution is -2.64. The highest BCUT2D eigenvalue weighted by molar-refractivity contribution is 7.89. The number of hydrogen-bond acceptors (Lipinski definition) is 7. The Hall–Kier alpha value is -2.33. The Bertz CT molecular complexity index is 1160. The summed E-state index contributed by atoms with van der Waals surface area (Å²) < 4.78 is 39.0. The van der Waals surface area contributed by atoms with Crippen LogP contribution < -0.4 is 20.1 Å². The van der Waals surface area contributed by atoms with Gasteiger partial charge < -0.3 is 20.1 Å². The van der Waals surface area contributed by atoms with Crippen molar-refractivity contribution in [2.75, 3.05) is 33.0 Å². The van der Waals surface area contributed by atoms with Crippen molar-refractivity contribution < 1.29 is 17.9 Å². The van der Waals surface area contributed by atoms with Crippen molar-refractivity contribution in [1.82, 2.24) is 14.9 Å². The third-order valence-electron chi connectivity index (χ3n) is 6.87. The molecule has 0 saturated carbocycles. The third kappa shape index (κ3) is 5.28. The van der Waals surface area contributed by atoms with Crippen molar-refractivity contribution >= 4 is 28.3 Å². The lowest BCUT2D eigenvalue weighted by Gasteiger charge is -2.44. The maximum atomic E-state index is 13.3. The number of hydrogen-bond donors (Lipinski definition) is 2. The fourth-order valence-corrected chi connectivity index (χ4v) is 6.39. The highest BCUT2D eigenvalue weighted by Gasteiger charge is 2.43. The quantitative estimate of drug-likeness (QED) is 0.608. The molecule has 1 fully saturated rings. The number of benzene rings is 2. The van der Waals surface area contributed by atoms with Crippen LogP contribution >= 0.6 is 12.4 Å². The van der Waals surface area contributed by atoms with Crippen molar-refractivity contribution in [3.63, 3.8) is 0 Å². The summed E-state index contributed by atoms with van der Waals surface area (Å²) in [4.78, 5) is 5.16. The van der Waals surface area contributed by atoms with Crippen molar-refractivity contribution in [1.29, 1.82) is 0 Å². The van der Waals surface area contributed by atoms with Crippen LogP contribution in [0.25, 0.3) is 0 Å². The van der Waals surface area contributed by atoms with Gasteiger partial charge in [0.25, 0.3) is 0 Å². The SMILES string of the molecule is CCCc1ccc(S(=O)(=O)N2CCC3(CC2)NCCN=C3NCc2ccc3c(c2)OCO3)cc1.Cl.